The van der Waals surface area contributed by atoms with Gasteiger partial charge in [0.1, 0.15) is 28.8 Å². The average molecular weight is 484 g/mol. The highest BCUT2D eigenvalue weighted by atomic mass is 16.6. The molecule has 5 atom stereocenters. The van der Waals surface area contributed by atoms with E-state index in [2.05, 4.69) is 0 Å². The second kappa shape index (κ2) is 6.69. The number of ketones is 1. The van der Waals surface area contributed by atoms with Gasteiger partial charge in [0.2, 0.25) is 0 Å². The second-order valence-electron chi connectivity index (χ2n) is 9.58. The molecule has 8 heteroatoms. The van der Waals surface area contributed by atoms with Crippen molar-refractivity contribution in [2.75, 3.05) is 0 Å². The summed E-state index contributed by atoms with van der Waals surface area (Å²) in [5.74, 6) is -1.28. The van der Waals surface area contributed by atoms with Gasteiger partial charge in [0.05, 0.1) is 6.10 Å². The van der Waals surface area contributed by atoms with Gasteiger partial charge in [-0.1, -0.05) is 24.3 Å². The van der Waals surface area contributed by atoms with E-state index in [9.17, 15) is 30.3 Å². The van der Waals surface area contributed by atoms with Crippen LogP contribution < -0.4 is 0 Å². The van der Waals surface area contributed by atoms with Crippen molar-refractivity contribution in [3.63, 3.8) is 0 Å². The first kappa shape index (κ1) is 21.0. The quantitative estimate of drug-likeness (QED) is 0.374. The summed E-state index contributed by atoms with van der Waals surface area (Å²) in [5, 5.41) is 54.0. The van der Waals surface area contributed by atoms with Crippen LogP contribution in [-0.4, -0.2) is 43.0 Å². The van der Waals surface area contributed by atoms with Gasteiger partial charge in [-0.15, -0.1) is 0 Å². The Labute approximate surface area is 204 Å². The molecule has 3 aromatic rings. The summed E-state index contributed by atoms with van der Waals surface area (Å²) in [6.07, 6.45) is 0.890. The number of ether oxygens (including phenoxy) is 2. The highest BCUT2D eigenvalue weighted by molar-refractivity contribution is 6.03. The van der Waals surface area contributed by atoms with Gasteiger partial charge in [-0.25, -0.2) is 0 Å². The molecule has 2 aliphatic heterocycles. The van der Waals surface area contributed by atoms with Crippen LogP contribution in [0.5, 0.6) is 23.0 Å². The minimum absolute atomic E-state index is 0.0261. The number of fused-ring (bicyclic) bond motifs is 2. The van der Waals surface area contributed by atoms with Gasteiger partial charge in [-0.05, 0) is 47.5 Å². The van der Waals surface area contributed by atoms with Crippen LogP contribution in [0.25, 0.3) is 0 Å². The molecule has 2 heterocycles. The molecule has 0 amide bonds. The molecular weight excluding hydrogens is 464 g/mol. The molecule has 8 nitrogen and oxygen atoms in total. The number of aliphatic hydroxyl groups is 1. The number of hydrogen-bond acceptors (Lipinski definition) is 8. The summed E-state index contributed by atoms with van der Waals surface area (Å²) in [6, 6.07) is 15.1. The van der Waals surface area contributed by atoms with Crippen molar-refractivity contribution in [2.24, 2.45) is 0 Å². The molecule has 36 heavy (non-hydrogen) atoms. The number of benzene rings is 3. The minimum atomic E-state index is -1.99. The smallest absolute Gasteiger partial charge is 0.186 e. The fourth-order valence-corrected chi connectivity index (χ4v) is 6.26. The third-order valence-corrected chi connectivity index (χ3v) is 7.71. The van der Waals surface area contributed by atoms with E-state index in [1.165, 1.54) is 48.6 Å². The van der Waals surface area contributed by atoms with Crippen LogP contribution in [0.2, 0.25) is 0 Å². The normalized spacial score (nSPS) is 31.2. The SMILES string of the molecule is O=C1C=C2O[C@@H](c3ccc(O)cc3)[C@]3(O)c4cc(O)cc(O)c4[C@H](c4ccc(O)cc4)[C@@H]4O[C@]23C4=C1. The Morgan fingerprint density at radius 3 is 2.08 bits per heavy atom. The lowest BCUT2D eigenvalue weighted by atomic mass is 9.64. The van der Waals surface area contributed by atoms with Crippen molar-refractivity contribution < 1.29 is 39.8 Å². The van der Waals surface area contributed by atoms with Crippen LogP contribution in [0.15, 0.2) is 84.1 Å². The molecule has 2 saturated heterocycles. The number of carbonyl (C=O) groups excluding carboxylic acids is 1. The standard InChI is InChI=1S/C28H20O8/c29-15-5-1-13(2-6-15)23-24-19(9-17(31)11-21(24)33)27(34)26(14-3-7-16(30)8-4-14)35-22-12-18(32)10-20-25(23)36-28(20,22)27/h1-12,23,25-26,29-31,33-34H/t23-,25+,26-,27+,28+/m0/s1. The lowest BCUT2D eigenvalue weighted by Gasteiger charge is -2.54. The number of phenolic OH excluding ortho intramolecular Hbond substituents is 4. The van der Waals surface area contributed by atoms with E-state index in [0.717, 1.165) is 0 Å². The Bertz CT molecular complexity index is 1520. The van der Waals surface area contributed by atoms with E-state index in [1.807, 2.05) is 0 Å². The van der Waals surface area contributed by atoms with Crippen molar-refractivity contribution in [3.05, 3.63) is 106 Å². The molecule has 0 unspecified atom stereocenters. The lowest BCUT2D eigenvalue weighted by molar-refractivity contribution is -0.215. The Hall–Kier alpha value is -4.27. The maximum atomic E-state index is 12.7. The Morgan fingerprint density at radius 2 is 1.42 bits per heavy atom. The third kappa shape index (κ3) is 2.37. The van der Waals surface area contributed by atoms with Crippen molar-refractivity contribution in [1.29, 1.82) is 0 Å². The summed E-state index contributed by atoms with van der Waals surface area (Å²) < 4.78 is 12.7. The largest absolute Gasteiger partial charge is 0.508 e. The van der Waals surface area contributed by atoms with Gasteiger partial charge in [0.25, 0.3) is 0 Å². The van der Waals surface area contributed by atoms with Crippen LogP contribution in [-0.2, 0) is 19.9 Å². The first-order valence-electron chi connectivity index (χ1n) is 11.4. The highest BCUT2D eigenvalue weighted by Crippen LogP contribution is 2.72. The van der Waals surface area contributed by atoms with E-state index in [-0.39, 0.29) is 40.1 Å². The zero-order valence-electron chi connectivity index (χ0n) is 18.6. The number of hydrogen-bond donors (Lipinski definition) is 5. The summed E-state index contributed by atoms with van der Waals surface area (Å²) in [5.41, 5.74) is -1.35. The van der Waals surface area contributed by atoms with Crippen LogP contribution in [0.3, 0.4) is 0 Å². The van der Waals surface area contributed by atoms with Gasteiger partial charge in [0.15, 0.2) is 23.1 Å². The molecule has 0 saturated carbocycles. The van der Waals surface area contributed by atoms with Gasteiger partial charge >= 0.3 is 0 Å². The number of allylic oxidation sites excluding steroid dienone is 2. The van der Waals surface area contributed by atoms with Crippen molar-refractivity contribution in [2.45, 2.75) is 29.3 Å². The maximum absolute atomic E-state index is 12.7. The van der Waals surface area contributed by atoms with Crippen molar-refractivity contribution in [3.8, 4) is 23.0 Å². The number of carbonyl (C=O) groups is 1. The van der Waals surface area contributed by atoms with Crippen molar-refractivity contribution in [1.82, 2.24) is 0 Å². The maximum Gasteiger partial charge on any atom is 0.186 e. The Kier molecular flexibility index (Phi) is 3.91. The molecule has 1 spiro atoms. The third-order valence-electron chi connectivity index (χ3n) is 7.71. The topological polar surface area (TPSA) is 137 Å². The molecule has 0 aromatic heterocycles. The minimum Gasteiger partial charge on any atom is -0.508 e. The zero-order valence-corrected chi connectivity index (χ0v) is 18.6. The molecule has 3 aromatic carbocycles. The van der Waals surface area contributed by atoms with E-state index >= 15 is 0 Å². The second-order valence-corrected chi connectivity index (χ2v) is 9.58. The molecule has 2 aliphatic carbocycles. The predicted molar refractivity (Wildman–Crippen MR) is 124 cm³/mol. The Morgan fingerprint density at radius 1 is 0.778 bits per heavy atom. The van der Waals surface area contributed by atoms with Gasteiger partial charge in [-0.3, -0.25) is 4.79 Å². The summed E-state index contributed by atoms with van der Waals surface area (Å²) in [6.45, 7) is 0. The van der Waals surface area contributed by atoms with E-state index in [0.29, 0.717) is 22.3 Å². The molecule has 0 radical (unpaired) electrons. The molecule has 5 N–H and O–H groups in total. The summed E-state index contributed by atoms with van der Waals surface area (Å²) in [4.78, 5) is 12.7. The van der Waals surface area contributed by atoms with Gasteiger partial charge in [0, 0.05) is 34.8 Å². The molecule has 180 valence electrons. The molecular formula is C28H20O8. The predicted octanol–water partition coefficient (Wildman–Crippen LogP) is 3.14. The number of rotatable bonds is 2. The highest BCUT2D eigenvalue weighted by Gasteiger charge is 2.78. The van der Waals surface area contributed by atoms with Crippen LogP contribution in [0.4, 0.5) is 0 Å². The molecule has 2 bridgehead atoms. The van der Waals surface area contributed by atoms with E-state index in [4.69, 9.17) is 9.47 Å². The number of phenols is 4. The fraction of sp³-hybridized carbons (Fsp3) is 0.179. The lowest BCUT2D eigenvalue weighted by Crippen LogP contribution is -2.65. The first-order valence-corrected chi connectivity index (χ1v) is 11.4. The summed E-state index contributed by atoms with van der Waals surface area (Å²) in [7, 11) is 0. The zero-order chi connectivity index (χ0) is 25.0. The fourth-order valence-electron chi connectivity index (χ4n) is 6.26. The van der Waals surface area contributed by atoms with Crippen LogP contribution in [0, 0.1) is 0 Å². The monoisotopic (exact) mass is 484 g/mol. The Balaban J connectivity index is 1.57. The van der Waals surface area contributed by atoms with Gasteiger partial charge < -0.3 is 35.0 Å². The van der Waals surface area contributed by atoms with E-state index < -0.39 is 29.3 Å². The summed E-state index contributed by atoms with van der Waals surface area (Å²) >= 11 is 0. The average Bonchev–Trinajstić information content (AvgIpc) is 3.00. The molecule has 2 fully saturated rings. The van der Waals surface area contributed by atoms with E-state index in [1.54, 1.807) is 24.3 Å². The number of aromatic hydroxyl groups is 4. The molecule has 7 rings (SSSR count). The first-order chi connectivity index (χ1) is 17.2. The van der Waals surface area contributed by atoms with Gasteiger partial charge in [-0.2, -0.15) is 0 Å². The van der Waals surface area contributed by atoms with Crippen LogP contribution >= 0.6 is 0 Å². The molecule has 4 aliphatic rings. The van der Waals surface area contributed by atoms with Crippen LogP contribution in [0.1, 0.15) is 34.3 Å². The van der Waals surface area contributed by atoms with Crippen molar-refractivity contribution >= 4 is 5.78 Å².